The SMILES string of the molecule is CO[C@@H]1N(C(=O)OC(C)(C)C)c2ccccc2[C@@]12CN=C(N1CCOCC1)S2. The highest BCUT2D eigenvalue weighted by molar-refractivity contribution is 8.15. The monoisotopic (exact) mass is 405 g/mol. The summed E-state index contributed by atoms with van der Waals surface area (Å²) in [5.41, 5.74) is 1.30. The lowest BCUT2D eigenvalue weighted by molar-refractivity contribution is 0.0337. The number of morpholine rings is 1. The van der Waals surface area contributed by atoms with Crippen molar-refractivity contribution in [1.29, 1.82) is 0 Å². The third-order valence-corrected chi connectivity index (χ3v) is 6.56. The average Bonchev–Trinajstić information content (AvgIpc) is 3.22. The van der Waals surface area contributed by atoms with Crippen LogP contribution in [0, 0.1) is 0 Å². The number of anilines is 1. The van der Waals surface area contributed by atoms with Crippen LogP contribution in [0.3, 0.4) is 0 Å². The van der Waals surface area contributed by atoms with Crippen LogP contribution in [0.4, 0.5) is 10.5 Å². The van der Waals surface area contributed by atoms with E-state index in [9.17, 15) is 4.79 Å². The van der Waals surface area contributed by atoms with Gasteiger partial charge in [-0.1, -0.05) is 30.0 Å². The molecule has 2 atom stereocenters. The lowest BCUT2D eigenvalue weighted by Gasteiger charge is -2.35. The van der Waals surface area contributed by atoms with Gasteiger partial charge in [-0.25, -0.2) is 9.69 Å². The number of para-hydroxylation sites is 1. The molecule has 1 saturated heterocycles. The Hall–Kier alpha value is -1.77. The van der Waals surface area contributed by atoms with Gasteiger partial charge in [-0.2, -0.15) is 0 Å². The van der Waals surface area contributed by atoms with E-state index in [0.717, 1.165) is 29.5 Å². The number of hydrogen-bond donors (Lipinski definition) is 0. The van der Waals surface area contributed by atoms with Gasteiger partial charge in [0.25, 0.3) is 0 Å². The number of methoxy groups -OCH3 is 1. The van der Waals surface area contributed by atoms with Gasteiger partial charge in [0.15, 0.2) is 11.4 Å². The van der Waals surface area contributed by atoms with Crippen LogP contribution in [-0.4, -0.2) is 67.9 Å². The molecule has 1 aromatic rings. The Bertz CT molecular complexity index is 788. The molecule has 3 heterocycles. The summed E-state index contributed by atoms with van der Waals surface area (Å²) < 4.78 is 16.6. The van der Waals surface area contributed by atoms with Gasteiger partial charge in [0, 0.05) is 20.2 Å². The van der Waals surface area contributed by atoms with Crippen molar-refractivity contribution in [1.82, 2.24) is 4.90 Å². The molecule has 0 bridgehead atoms. The molecule has 0 aliphatic carbocycles. The van der Waals surface area contributed by atoms with Crippen molar-refractivity contribution in [2.24, 2.45) is 4.99 Å². The van der Waals surface area contributed by atoms with Crippen LogP contribution in [-0.2, 0) is 19.0 Å². The second-order valence-electron chi connectivity index (χ2n) is 8.15. The minimum absolute atomic E-state index is 0.399. The molecular formula is C20H27N3O4S. The molecule has 1 fully saturated rings. The van der Waals surface area contributed by atoms with E-state index in [2.05, 4.69) is 11.0 Å². The van der Waals surface area contributed by atoms with E-state index in [1.165, 1.54) is 0 Å². The van der Waals surface area contributed by atoms with Crippen molar-refractivity contribution < 1.29 is 19.0 Å². The van der Waals surface area contributed by atoms with E-state index >= 15 is 0 Å². The first kappa shape index (κ1) is 19.5. The Morgan fingerprint density at radius 2 is 2.00 bits per heavy atom. The molecule has 4 rings (SSSR count). The van der Waals surface area contributed by atoms with E-state index in [4.69, 9.17) is 19.2 Å². The lowest BCUT2D eigenvalue weighted by atomic mass is 9.99. The molecule has 3 aliphatic heterocycles. The summed E-state index contributed by atoms with van der Waals surface area (Å²) >= 11 is 1.69. The number of aliphatic imine (C=N–C) groups is 1. The number of nitrogens with zero attached hydrogens (tertiary/aromatic N) is 3. The molecule has 0 unspecified atom stereocenters. The number of amides is 1. The van der Waals surface area contributed by atoms with Crippen LogP contribution in [0.25, 0.3) is 0 Å². The summed E-state index contributed by atoms with van der Waals surface area (Å²) in [4.78, 5) is 21.8. The topological polar surface area (TPSA) is 63.6 Å². The maximum atomic E-state index is 13.1. The smallest absolute Gasteiger partial charge is 0.417 e. The zero-order chi connectivity index (χ0) is 19.9. The van der Waals surface area contributed by atoms with Crippen LogP contribution in [0.15, 0.2) is 29.3 Å². The van der Waals surface area contributed by atoms with E-state index in [0.29, 0.717) is 19.8 Å². The Balaban J connectivity index is 1.68. The Labute approximate surface area is 170 Å². The normalized spacial score (nSPS) is 27.1. The van der Waals surface area contributed by atoms with Crippen molar-refractivity contribution in [3.05, 3.63) is 29.8 Å². The number of carbonyl (C=O) groups is 1. The number of amidine groups is 1. The molecule has 0 saturated carbocycles. The van der Waals surface area contributed by atoms with Crippen LogP contribution < -0.4 is 4.90 Å². The van der Waals surface area contributed by atoms with Crippen molar-refractivity contribution >= 4 is 28.7 Å². The first-order chi connectivity index (χ1) is 13.4. The summed E-state index contributed by atoms with van der Waals surface area (Å²) in [6.07, 6.45) is -0.892. The largest absolute Gasteiger partial charge is 0.443 e. The quantitative estimate of drug-likeness (QED) is 0.716. The number of carbonyl (C=O) groups excluding carboxylic acids is 1. The second kappa shape index (κ2) is 7.24. The fourth-order valence-electron chi connectivity index (χ4n) is 3.91. The van der Waals surface area contributed by atoms with E-state index < -0.39 is 22.7 Å². The molecule has 1 aromatic carbocycles. The zero-order valence-corrected chi connectivity index (χ0v) is 17.6. The first-order valence-electron chi connectivity index (χ1n) is 9.56. The fourth-order valence-corrected chi connectivity index (χ4v) is 5.39. The standard InChI is InChI=1S/C20H27N3O4S/c1-19(2,3)27-18(24)23-15-8-6-5-7-14(15)20(16(23)25-4)13-21-17(28-20)22-9-11-26-12-10-22/h5-8,16H,9-13H2,1-4H3/t16-,20-/m0/s1. The minimum atomic E-state index is -0.585. The molecule has 0 radical (unpaired) electrons. The predicted molar refractivity (Wildman–Crippen MR) is 110 cm³/mol. The van der Waals surface area contributed by atoms with Gasteiger partial charge in [0.05, 0.1) is 25.4 Å². The highest BCUT2D eigenvalue weighted by Gasteiger charge is 2.58. The van der Waals surface area contributed by atoms with Crippen LogP contribution >= 0.6 is 11.8 Å². The van der Waals surface area contributed by atoms with Gasteiger partial charge in [0.2, 0.25) is 0 Å². The molecular weight excluding hydrogens is 378 g/mol. The second-order valence-corrected chi connectivity index (χ2v) is 9.44. The molecule has 7 nitrogen and oxygen atoms in total. The number of hydrogen-bond acceptors (Lipinski definition) is 7. The van der Waals surface area contributed by atoms with Crippen LogP contribution in [0.5, 0.6) is 0 Å². The molecule has 0 N–H and O–H groups in total. The van der Waals surface area contributed by atoms with E-state index in [1.54, 1.807) is 23.8 Å². The summed E-state index contributed by atoms with van der Waals surface area (Å²) in [7, 11) is 1.64. The Morgan fingerprint density at radius 1 is 1.29 bits per heavy atom. The minimum Gasteiger partial charge on any atom is -0.443 e. The summed E-state index contributed by atoms with van der Waals surface area (Å²) in [5, 5.41) is 0.992. The third kappa shape index (κ3) is 3.27. The Morgan fingerprint density at radius 3 is 2.68 bits per heavy atom. The third-order valence-electron chi connectivity index (χ3n) is 5.07. The fraction of sp³-hybridized carbons (Fsp3) is 0.600. The van der Waals surface area contributed by atoms with E-state index in [-0.39, 0.29) is 0 Å². The lowest BCUT2D eigenvalue weighted by Crippen LogP contribution is -2.49. The molecule has 3 aliphatic rings. The van der Waals surface area contributed by atoms with E-state index in [1.807, 2.05) is 39.0 Å². The van der Waals surface area contributed by atoms with Crippen molar-refractivity contribution in [2.45, 2.75) is 37.3 Å². The highest BCUT2D eigenvalue weighted by Crippen LogP contribution is 2.55. The summed E-state index contributed by atoms with van der Waals surface area (Å²) in [5.74, 6) is 0. The summed E-state index contributed by atoms with van der Waals surface area (Å²) in [6, 6.07) is 7.95. The van der Waals surface area contributed by atoms with Crippen molar-refractivity contribution in [3.63, 3.8) is 0 Å². The van der Waals surface area contributed by atoms with Gasteiger partial charge < -0.3 is 19.1 Å². The van der Waals surface area contributed by atoms with Crippen LogP contribution in [0.1, 0.15) is 26.3 Å². The number of benzene rings is 1. The first-order valence-corrected chi connectivity index (χ1v) is 10.4. The predicted octanol–water partition coefficient (Wildman–Crippen LogP) is 3.04. The average molecular weight is 406 g/mol. The van der Waals surface area contributed by atoms with Crippen molar-refractivity contribution in [3.8, 4) is 0 Å². The molecule has 1 spiro atoms. The van der Waals surface area contributed by atoms with Gasteiger partial charge >= 0.3 is 6.09 Å². The maximum Gasteiger partial charge on any atom is 0.417 e. The van der Waals surface area contributed by atoms with Crippen molar-refractivity contribution in [2.75, 3.05) is 44.9 Å². The number of thioether (sulfide) groups is 1. The maximum absolute atomic E-state index is 13.1. The molecule has 0 aromatic heterocycles. The highest BCUT2D eigenvalue weighted by atomic mass is 32.2. The van der Waals surface area contributed by atoms with Gasteiger partial charge in [0.1, 0.15) is 10.3 Å². The Kier molecular flexibility index (Phi) is 5.05. The number of rotatable bonds is 1. The van der Waals surface area contributed by atoms with Gasteiger partial charge in [-0.05, 0) is 32.4 Å². The molecule has 152 valence electrons. The molecule has 28 heavy (non-hydrogen) atoms. The van der Waals surface area contributed by atoms with Gasteiger partial charge in [-0.3, -0.25) is 4.99 Å². The molecule has 1 amide bonds. The van der Waals surface area contributed by atoms with Gasteiger partial charge in [-0.15, -0.1) is 0 Å². The van der Waals surface area contributed by atoms with Crippen LogP contribution in [0.2, 0.25) is 0 Å². The number of ether oxygens (including phenoxy) is 3. The molecule has 8 heteroatoms. The zero-order valence-electron chi connectivity index (χ0n) is 16.8. The summed E-state index contributed by atoms with van der Waals surface area (Å²) in [6.45, 7) is 9.24. The number of fused-ring (bicyclic) bond motifs is 2.